The van der Waals surface area contributed by atoms with Gasteiger partial charge in [-0.2, -0.15) is 26.3 Å². The Hall–Kier alpha value is -3.56. The normalized spacial score (nSPS) is 13.8. The molecule has 2 aromatic carbocycles. The summed E-state index contributed by atoms with van der Waals surface area (Å²) in [6.45, 7) is 2.54. The highest BCUT2D eigenvalue weighted by molar-refractivity contribution is 6.07. The summed E-state index contributed by atoms with van der Waals surface area (Å²) < 4.78 is 80.5. The molecule has 1 unspecified atom stereocenters. The van der Waals surface area contributed by atoms with E-state index in [2.05, 4.69) is 10.3 Å². The molecule has 0 saturated carbocycles. The Kier molecular flexibility index (Phi) is 6.40. The Labute approximate surface area is 184 Å². The number of aromatic nitrogens is 1. The van der Waals surface area contributed by atoms with Crippen molar-refractivity contribution in [3.8, 4) is 0 Å². The van der Waals surface area contributed by atoms with Crippen LogP contribution in [-0.4, -0.2) is 22.7 Å². The van der Waals surface area contributed by atoms with E-state index in [1.54, 1.807) is 24.3 Å². The number of ketones is 1. The van der Waals surface area contributed by atoms with Crippen LogP contribution in [0, 0.1) is 0 Å². The summed E-state index contributed by atoms with van der Waals surface area (Å²) in [6, 6.07) is 6.75. The lowest BCUT2D eigenvalue weighted by Crippen LogP contribution is -2.36. The highest BCUT2D eigenvalue weighted by Gasteiger charge is 2.37. The zero-order chi connectivity index (χ0) is 24.6. The van der Waals surface area contributed by atoms with E-state index in [4.69, 9.17) is 0 Å². The number of hydrogen-bond acceptors (Lipinski definition) is 2. The molecule has 0 fully saturated rings. The highest BCUT2D eigenvalue weighted by atomic mass is 19.4. The summed E-state index contributed by atoms with van der Waals surface area (Å²) in [5, 5.41) is 2.85. The first kappa shape index (κ1) is 24.1. The molecule has 0 bridgehead atoms. The van der Waals surface area contributed by atoms with Gasteiger partial charge >= 0.3 is 12.4 Å². The molecule has 4 nitrogen and oxygen atoms in total. The lowest BCUT2D eigenvalue weighted by Gasteiger charge is -2.17. The van der Waals surface area contributed by atoms with Gasteiger partial charge in [0.15, 0.2) is 5.78 Å². The fraction of sp³-hybridized carbons (Fsp3) is 0.217. The highest BCUT2D eigenvalue weighted by Crippen LogP contribution is 2.39. The topological polar surface area (TPSA) is 62.0 Å². The van der Waals surface area contributed by atoms with Gasteiger partial charge in [-0.05, 0) is 48.4 Å². The molecular weight excluding hydrogens is 450 g/mol. The van der Waals surface area contributed by atoms with Crippen molar-refractivity contribution < 1.29 is 35.9 Å². The Morgan fingerprint density at radius 2 is 1.55 bits per heavy atom. The molecule has 0 aliphatic rings. The molecule has 0 saturated heterocycles. The van der Waals surface area contributed by atoms with Gasteiger partial charge in [-0.3, -0.25) is 9.59 Å². The first-order valence-electron chi connectivity index (χ1n) is 9.66. The minimum atomic E-state index is -5.05. The number of H-pyrrole nitrogens is 1. The van der Waals surface area contributed by atoms with Gasteiger partial charge in [0.05, 0.1) is 17.2 Å². The van der Waals surface area contributed by atoms with Crippen LogP contribution in [0.25, 0.3) is 16.5 Å². The van der Waals surface area contributed by atoms with Gasteiger partial charge in [-0.1, -0.05) is 18.2 Å². The number of nitrogens with one attached hydrogen (secondary N) is 2. The summed E-state index contributed by atoms with van der Waals surface area (Å²) in [7, 11) is 0. The number of carbonyl (C=O) groups is 2. The molecule has 1 aromatic heterocycles. The van der Waals surface area contributed by atoms with Crippen LogP contribution in [0.3, 0.4) is 0 Å². The van der Waals surface area contributed by atoms with Gasteiger partial charge < -0.3 is 10.3 Å². The first-order chi connectivity index (χ1) is 15.3. The third-order valence-corrected chi connectivity index (χ3v) is 4.91. The molecule has 0 spiro atoms. The van der Waals surface area contributed by atoms with Gasteiger partial charge in [0.25, 0.3) is 0 Å². The summed E-state index contributed by atoms with van der Waals surface area (Å²) in [4.78, 5) is 26.9. The van der Waals surface area contributed by atoms with Crippen LogP contribution < -0.4 is 5.32 Å². The van der Waals surface area contributed by atoms with Crippen LogP contribution in [0.2, 0.25) is 0 Å². The number of para-hydroxylation sites is 1. The zero-order valence-corrected chi connectivity index (χ0v) is 17.4. The van der Waals surface area contributed by atoms with Crippen LogP contribution in [-0.2, 0) is 21.9 Å². The second-order valence-corrected chi connectivity index (χ2v) is 7.43. The van der Waals surface area contributed by atoms with Crippen molar-refractivity contribution in [1.82, 2.24) is 10.3 Å². The monoisotopic (exact) mass is 468 g/mol. The fourth-order valence-corrected chi connectivity index (χ4v) is 3.36. The van der Waals surface area contributed by atoms with Crippen LogP contribution in [0.5, 0.6) is 0 Å². The maximum absolute atomic E-state index is 13.4. The molecule has 0 aliphatic heterocycles. The molecule has 1 heterocycles. The molecule has 33 heavy (non-hydrogen) atoms. The third kappa shape index (κ3) is 5.44. The standard InChI is InChI=1S/C23H18F6N2O2/c1-12(31-13(2)32)21(33)10-18(19-11-30-20-6-4-3-5-17(19)20)14-7-15(22(24,25)26)9-16(8-14)23(27,28)29/h3-12,30H,1-2H3,(H,31,32). The van der Waals surface area contributed by atoms with Gasteiger partial charge in [0.1, 0.15) is 0 Å². The SMILES string of the molecule is CC(=O)NC(C)C(=O)C=C(c1cc(C(F)(F)F)cc(C(F)(F)F)c1)c1c[nH]c2ccccc12. The predicted octanol–water partition coefficient (Wildman–Crippen LogP) is 5.73. The average molecular weight is 468 g/mol. The summed E-state index contributed by atoms with van der Waals surface area (Å²) in [5.41, 5.74) is -2.78. The van der Waals surface area contributed by atoms with Crippen molar-refractivity contribution in [2.75, 3.05) is 0 Å². The van der Waals surface area contributed by atoms with E-state index in [0.29, 0.717) is 23.0 Å². The van der Waals surface area contributed by atoms with Gasteiger partial charge in [-0.15, -0.1) is 0 Å². The minimum absolute atomic E-state index is 0.0259. The molecule has 10 heteroatoms. The van der Waals surface area contributed by atoms with Gasteiger partial charge in [0, 0.05) is 29.6 Å². The van der Waals surface area contributed by atoms with E-state index in [1.807, 2.05) is 0 Å². The van der Waals surface area contributed by atoms with Crippen LogP contribution in [0.4, 0.5) is 26.3 Å². The number of fused-ring (bicyclic) bond motifs is 1. The zero-order valence-electron chi connectivity index (χ0n) is 17.4. The Morgan fingerprint density at radius 3 is 2.09 bits per heavy atom. The van der Waals surface area contributed by atoms with Crippen molar-refractivity contribution in [1.29, 1.82) is 0 Å². The summed E-state index contributed by atoms with van der Waals surface area (Å²) in [5.74, 6) is -1.22. The van der Waals surface area contributed by atoms with Crippen molar-refractivity contribution in [3.05, 3.63) is 77.0 Å². The minimum Gasteiger partial charge on any atom is -0.361 e. The lowest BCUT2D eigenvalue weighted by atomic mass is 9.92. The van der Waals surface area contributed by atoms with Crippen LogP contribution >= 0.6 is 0 Å². The van der Waals surface area contributed by atoms with Crippen molar-refractivity contribution >= 4 is 28.2 Å². The van der Waals surface area contributed by atoms with E-state index in [1.165, 1.54) is 20.0 Å². The smallest absolute Gasteiger partial charge is 0.361 e. The molecule has 1 atom stereocenters. The largest absolute Gasteiger partial charge is 0.416 e. The van der Waals surface area contributed by atoms with E-state index >= 15 is 0 Å². The van der Waals surface area contributed by atoms with Gasteiger partial charge in [0.2, 0.25) is 5.91 Å². The van der Waals surface area contributed by atoms with Crippen molar-refractivity contribution in [2.24, 2.45) is 0 Å². The molecule has 1 amide bonds. The van der Waals surface area contributed by atoms with Crippen molar-refractivity contribution in [3.63, 3.8) is 0 Å². The van der Waals surface area contributed by atoms with Crippen LogP contribution in [0.15, 0.2) is 54.7 Å². The molecular formula is C23H18F6N2O2. The number of halogens is 6. The van der Waals surface area contributed by atoms with E-state index in [-0.39, 0.29) is 17.2 Å². The van der Waals surface area contributed by atoms with E-state index in [9.17, 15) is 35.9 Å². The summed E-state index contributed by atoms with van der Waals surface area (Å²) >= 11 is 0. The first-order valence-corrected chi connectivity index (χ1v) is 9.66. The Balaban J connectivity index is 2.29. The number of rotatable bonds is 5. The number of amides is 1. The summed E-state index contributed by atoms with van der Waals surface area (Å²) in [6.07, 6.45) is -7.74. The van der Waals surface area contributed by atoms with Crippen molar-refractivity contribution in [2.45, 2.75) is 32.2 Å². The maximum atomic E-state index is 13.4. The van der Waals surface area contributed by atoms with E-state index < -0.39 is 46.8 Å². The number of alkyl halides is 6. The Bertz CT molecular complexity index is 1210. The fourth-order valence-electron chi connectivity index (χ4n) is 3.36. The molecule has 0 aliphatic carbocycles. The number of aromatic amines is 1. The van der Waals surface area contributed by atoms with E-state index in [0.717, 1.165) is 6.08 Å². The number of benzene rings is 2. The third-order valence-electron chi connectivity index (χ3n) is 4.91. The predicted molar refractivity (Wildman–Crippen MR) is 110 cm³/mol. The molecule has 0 radical (unpaired) electrons. The lowest BCUT2D eigenvalue weighted by molar-refractivity contribution is -0.143. The quantitative estimate of drug-likeness (QED) is 0.371. The molecule has 3 aromatic rings. The number of carbonyl (C=O) groups excluding carboxylic acids is 2. The maximum Gasteiger partial charge on any atom is 0.416 e. The van der Waals surface area contributed by atoms with Gasteiger partial charge in [-0.25, -0.2) is 0 Å². The second-order valence-electron chi connectivity index (χ2n) is 7.43. The Morgan fingerprint density at radius 1 is 0.970 bits per heavy atom. The molecule has 3 rings (SSSR count). The molecule has 174 valence electrons. The average Bonchev–Trinajstić information content (AvgIpc) is 3.13. The second kappa shape index (κ2) is 8.76. The number of hydrogen-bond donors (Lipinski definition) is 2. The van der Waals surface area contributed by atoms with Crippen LogP contribution in [0.1, 0.15) is 36.1 Å². The molecule has 2 N–H and O–H groups in total.